The van der Waals surface area contributed by atoms with Gasteiger partial charge in [-0.25, -0.2) is 0 Å². The summed E-state index contributed by atoms with van der Waals surface area (Å²) in [5, 5.41) is 4.38. The van der Waals surface area contributed by atoms with Crippen molar-refractivity contribution >= 4 is 51.5 Å². The SMILES string of the molecule is CC1(C)C(C=C(Cl)Cl)C1C(=O)Oc1ccc(/C=c2/sc3nc(C4COc5ccccc5O4)nn3c2=O)cc1. The zero-order chi connectivity index (χ0) is 26.6. The van der Waals surface area contributed by atoms with E-state index in [2.05, 4.69) is 10.1 Å². The minimum atomic E-state index is -0.501. The number of carbonyl (C=O) groups is 1. The number of ether oxygens (including phenoxy) is 3. The Hall–Kier alpha value is -3.40. The zero-order valence-corrected chi connectivity index (χ0v) is 22.6. The van der Waals surface area contributed by atoms with Crippen LogP contribution in [0.5, 0.6) is 17.2 Å². The summed E-state index contributed by atoms with van der Waals surface area (Å²) in [6, 6.07) is 14.3. The van der Waals surface area contributed by atoms with Gasteiger partial charge in [0.1, 0.15) is 16.8 Å². The van der Waals surface area contributed by atoms with E-state index >= 15 is 0 Å². The van der Waals surface area contributed by atoms with Crippen LogP contribution in [0, 0.1) is 17.3 Å². The average molecular weight is 570 g/mol. The maximum atomic E-state index is 13.0. The van der Waals surface area contributed by atoms with Gasteiger partial charge in [-0.2, -0.15) is 9.50 Å². The van der Waals surface area contributed by atoms with Gasteiger partial charge in [0.15, 0.2) is 23.4 Å². The molecule has 3 unspecified atom stereocenters. The first-order chi connectivity index (χ1) is 18.2. The van der Waals surface area contributed by atoms with Gasteiger partial charge in [0.2, 0.25) is 4.96 Å². The van der Waals surface area contributed by atoms with Gasteiger partial charge >= 0.3 is 5.97 Å². The van der Waals surface area contributed by atoms with Crippen molar-refractivity contribution in [1.82, 2.24) is 14.6 Å². The quantitative estimate of drug-likeness (QED) is 0.254. The summed E-state index contributed by atoms with van der Waals surface area (Å²) >= 11 is 12.8. The fourth-order valence-corrected chi connectivity index (χ4v) is 5.86. The van der Waals surface area contributed by atoms with Crippen molar-refractivity contribution in [3.63, 3.8) is 0 Å². The minimum absolute atomic E-state index is 0.0667. The smallest absolute Gasteiger partial charge is 0.315 e. The Morgan fingerprint density at radius 3 is 2.61 bits per heavy atom. The lowest BCUT2D eigenvalue weighted by atomic mass is 10.1. The van der Waals surface area contributed by atoms with E-state index < -0.39 is 6.10 Å². The van der Waals surface area contributed by atoms with E-state index in [0.717, 1.165) is 5.56 Å². The van der Waals surface area contributed by atoms with Crippen molar-refractivity contribution in [3.8, 4) is 17.2 Å². The number of esters is 1. The van der Waals surface area contributed by atoms with Crippen LogP contribution in [0.3, 0.4) is 0 Å². The maximum Gasteiger partial charge on any atom is 0.315 e. The number of hydrogen-bond acceptors (Lipinski definition) is 8. The third kappa shape index (κ3) is 4.55. The normalized spacial score (nSPS) is 21.8. The first-order valence-electron chi connectivity index (χ1n) is 11.8. The second kappa shape index (κ2) is 9.41. The highest BCUT2D eigenvalue weighted by atomic mass is 35.5. The lowest BCUT2D eigenvalue weighted by molar-refractivity contribution is -0.136. The van der Waals surface area contributed by atoms with Crippen LogP contribution in [0.1, 0.15) is 31.3 Å². The number of halogens is 2. The lowest BCUT2D eigenvalue weighted by Gasteiger charge is -2.24. The van der Waals surface area contributed by atoms with Gasteiger partial charge in [0.25, 0.3) is 5.56 Å². The Morgan fingerprint density at radius 1 is 1.16 bits per heavy atom. The van der Waals surface area contributed by atoms with Gasteiger partial charge in [-0.15, -0.1) is 5.10 Å². The highest BCUT2D eigenvalue weighted by Crippen LogP contribution is 2.60. The molecule has 11 heteroatoms. The molecule has 0 N–H and O–H groups in total. The minimum Gasteiger partial charge on any atom is -0.485 e. The van der Waals surface area contributed by atoms with Crippen LogP contribution in [0.25, 0.3) is 11.0 Å². The Labute approximate surface area is 231 Å². The van der Waals surface area contributed by atoms with E-state index in [1.807, 2.05) is 38.1 Å². The number of benzene rings is 2. The third-order valence-electron chi connectivity index (χ3n) is 6.86. The van der Waals surface area contributed by atoms with Gasteiger partial charge in [0.05, 0.1) is 10.5 Å². The number of carbonyl (C=O) groups excluding carboxylic acids is 1. The van der Waals surface area contributed by atoms with Gasteiger partial charge in [-0.1, -0.05) is 72.7 Å². The van der Waals surface area contributed by atoms with E-state index in [9.17, 15) is 9.59 Å². The number of nitrogens with zero attached hydrogens (tertiary/aromatic N) is 3. The number of rotatable bonds is 5. The molecule has 0 saturated heterocycles. The first-order valence-corrected chi connectivity index (χ1v) is 13.4. The van der Waals surface area contributed by atoms with Crippen LogP contribution in [0.4, 0.5) is 0 Å². The van der Waals surface area contributed by atoms with Crippen molar-refractivity contribution in [1.29, 1.82) is 0 Å². The summed E-state index contributed by atoms with van der Waals surface area (Å²) < 4.78 is 19.2. The van der Waals surface area contributed by atoms with Crippen molar-refractivity contribution in [2.24, 2.45) is 17.3 Å². The summed E-state index contributed by atoms with van der Waals surface area (Å²) in [6.07, 6.45) is 2.93. The van der Waals surface area contributed by atoms with Gasteiger partial charge < -0.3 is 14.2 Å². The van der Waals surface area contributed by atoms with E-state index in [4.69, 9.17) is 37.4 Å². The monoisotopic (exact) mass is 569 g/mol. The molecule has 4 aromatic rings. The van der Waals surface area contributed by atoms with Gasteiger partial charge in [-0.3, -0.25) is 9.59 Å². The fourth-order valence-electron chi connectivity index (χ4n) is 4.67. The molecule has 1 saturated carbocycles. The van der Waals surface area contributed by atoms with E-state index in [0.29, 0.717) is 32.6 Å². The van der Waals surface area contributed by atoms with E-state index in [-0.39, 0.29) is 39.9 Å². The molecular formula is C27H21Cl2N3O5S. The molecule has 2 aliphatic rings. The second-order valence-corrected chi connectivity index (χ2v) is 11.7. The highest BCUT2D eigenvalue weighted by Gasteiger charge is 2.61. The summed E-state index contributed by atoms with van der Waals surface area (Å²) in [6.45, 7) is 4.20. The standard InChI is InChI=1S/C27H21Cl2N3O5S/c1-27(2)16(12-21(28)29)22(27)25(34)36-15-9-7-14(8-10-15)11-20-24(33)32-26(38-20)30-23(31-32)19-13-35-17-5-3-4-6-18(17)37-19/h3-12,16,19,22H,13H2,1-2H3/b20-11+. The molecule has 38 heavy (non-hydrogen) atoms. The number of aromatic nitrogens is 3. The van der Waals surface area contributed by atoms with Crippen LogP contribution in [0.2, 0.25) is 0 Å². The molecule has 8 nitrogen and oxygen atoms in total. The van der Waals surface area contributed by atoms with Crippen LogP contribution in [-0.4, -0.2) is 27.2 Å². The molecule has 6 rings (SSSR count). The number of hydrogen-bond donors (Lipinski definition) is 0. The lowest BCUT2D eigenvalue weighted by Crippen LogP contribution is -2.26. The molecule has 0 amide bonds. The van der Waals surface area contributed by atoms with E-state index in [1.165, 1.54) is 15.9 Å². The summed E-state index contributed by atoms with van der Waals surface area (Å²) in [7, 11) is 0. The molecule has 2 aromatic heterocycles. The molecule has 1 aliphatic heterocycles. The molecule has 3 heterocycles. The Bertz CT molecular complexity index is 1690. The largest absolute Gasteiger partial charge is 0.485 e. The Morgan fingerprint density at radius 2 is 1.89 bits per heavy atom. The predicted octanol–water partition coefficient (Wildman–Crippen LogP) is 4.71. The number of para-hydroxylation sites is 2. The maximum absolute atomic E-state index is 13.0. The molecule has 1 fully saturated rings. The Balaban J connectivity index is 1.17. The molecule has 2 aromatic carbocycles. The van der Waals surface area contributed by atoms with Crippen LogP contribution in [0.15, 0.2) is 63.9 Å². The molecule has 3 atom stereocenters. The second-order valence-electron chi connectivity index (χ2n) is 9.72. The highest BCUT2D eigenvalue weighted by molar-refractivity contribution is 7.15. The van der Waals surface area contributed by atoms with Crippen LogP contribution < -0.4 is 24.3 Å². The van der Waals surface area contributed by atoms with E-state index in [1.54, 1.807) is 36.4 Å². The average Bonchev–Trinajstić information content (AvgIpc) is 3.15. The summed E-state index contributed by atoms with van der Waals surface area (Å²) in [4.78, 5) is 30.6. The molecule has 0 bridgehead atoms. The Kier molecular flexibility index (Phi) is 6.17. The number of thiazole rings is 1. The molecule has 194 valence electrons. The number of fused-ring (bicyclic) bond motifs is 2. The predicted molar refractivity (Wildman–Crippen MR) is 144 cm³/mol. The summed E-state index contributed by atoms with van der Waals surface area (Å²) in [5.74, 6) is 1.38. The molecule has 1 aliphatic carbocycles. The molecule has 0 spiro atoms. The van der Waals surface area contributed by atoms with Gasteiger partial charge in [0, 0.05) is 0 Å². The topological polar surface area (TPSA) is 92.0 Å². The van der Waals surface area contributed by atoms with Crippen molar-refractivity contribution in [3.05, 3.63) is 85.4 Å². The molecular weight excluding hydrogens is 549 g/mol. The van der Waals surface area contributed by atoms with Crippen LogP contribution >= 0.6 is 34.5 Å². The summed E-state index contributed by atoms with van der Waals surface area (Å²) in [5.41, 5.74) is 0.230. The molecule has 0 radical (unpaired) electrons. The third-order valence-corrected chi connectivity index (χ3v) is 8.07. The van der Waals surface area contributed by atoms with Crippen LogP contribution in [-0.2, 0) is 4.79 Å². The van der Waals surface area contributed by atoms with Crippen molar-refractivity contribution < 1.29 is 19.0 Å². The number of allylic oxidation sites excluding steroid dienone is 1. The van der Waals surface area contributed by atoms with Crippen molar-refractivity contribution in [2.45, 2.75) is 20.0 Å². The first kappa shape index (κ1) is 24.9. The van der Waals surface area contributed by atoms with Gasteiger partial charge in [-0.05, 0) is 53.3 Å². The zero-order valence-electron chi connectivity index (χ0n) is 20.3. The fraction of sp³-hybridized carbons (Fsp3) is 0.259. The van der Waals surface area contributed by atoms with Crippen molar-refractivity contribution in [2.75, 3.05) is 6.61 Å².